The van der Waals surface area contributed by atoms with E-state index in [-0.39, 0.29) is 10.6 Å². The van der Waals surface area contributed by atoms with Crippen LogP contribution in [-0.4, -0.2) is 28.6 Å². The molecule has 1 aliphatic rings. The first-order valence-corrected chi connectivity index (χ1v) is 7.33. The topological polar surface area (TPSA) is 58.4 Å². The number of nitrogens with zero attached hydrogens (tertiary/aromatic N) is 2. The summed E-state index contributed by atoms with van der Waals surface area (Å²) >= 11 is 0. The third-order valence-electron chi connectivity index (χ3n) is 4.05. The average Bonchev–Trinajstić information content (AvgIpc) is 2.42. The van der Waals surface area contributed by atoms with Gasteiger partial charge in [-0.15, -0.1) is 0 Å². The van der Waals surface area contributed by atoms with Gasteiger partial charge in [-0.3, -0.25) is 15.5 Å². The molecule has 0 aliphatic carbocycles. The molecule has 0 spiro atoms. The molecule has 1 saturated heterocycles. The lowest BCUT2D eigenvalue weighted by Gasteiger charge is -2.39. The van der Waals surface area contributed by atoms with Gasteiger partial charge >= 0.3 is 0 Å². The van der Waals surface area contributed by atoms with Crippen molar-refractivity contribution in [3.05, 3.63) is 39.9 Å². The molecule has 20 heavy (non-hydrogen) atoms. The standard InChI is InChI=1S/C15H23N3O2/c1-12-4-3-5-13(2)17(12)16-11-10-14-6-8-15(9-7-14)18(19)20/h6-9,12-13,16H,3-5,10-11H2,1-2H3. The minimum atomic E-state index is -0.362. The van der Waals surface area contributed by atoms with Crippen LogP contribution in [0.3, 0.4) is 0 Å². The van der Waals surface area contributed by atoms with E-state index in [0.29, 0.717) is 12.1 Å². The zero-order valence-corrected chi connectivity index (χ0v) is 12.2. The first-order valence-electron chi connectivity index (χ1n) is 7.33. The van der Waals surface area contributed by atoms with Crippen molar-refractivity contribution in [3.63, 3.8) is 0 Å². The largest absolute Gasteiger partial charge is 0.269 e. The van der Waals surface area contributed by atoms with Crippen molar-refractivity contribution in [3.8, 4) is 0 Å². The van der Waals surface area contributed by atoms with E-state index in [2.05, 4.69) is 24.3 Å². The Kier molecular flexibility index (Phi) is 5.09. The Bertz CT molecular complexity index is 437. The number of hydrogen-bond donors (Lipinski definition) is 1. The maximum Gasteiger partial charge on any atom is 0.269 e. The van der Waals surface area contributed by atoms with Crippen molar-refractivity contribution in [2.75, 3.05) is 6.54 Å². The van der Waals surface area contributed by atoms with Gasteiger partial charge in [0.2, 0.25) is 0 Å². The van der Waals surface area contributed by atoms with E-state index >= 15 is 0 Å². The summed E-state index contributed by atoms with van der Waals surface area (Å²) in [5.41, 5.74) is 4.78. The highest BCUT2D eigenvalue weighted by atomic mass is 16.6. The quantitative estimate of drug-likeness (QED) is 0.664. The number of nitrogens with one attached hydrogen (secondary N) is 1. The molecule has 0 amide bonds. The number of rotatable bonds is 5. The van der Waals surface area contributed by atoms with E-state index in [1.165, 1.54) is 19.3 Å². The maximum absolute atomic E-state index is 10.6. The van der Waals surface area contributed by atoms with Crippen LogP contribution in [0.2, 0.25) is 0 Å². The maximum atomic E-state index is 10.6. The number of nitro groups is 1. The monoisotopic (exact) mass is 277 g/mol. The molecule has 5 heteroatoms. The van der Waals surface area contributed by atoms with Gasteiger partial charge in [0.05, 0.1) is 4.92 Å². The van der Waals surface area contributed by atoms with Crippen LogP contribution in [0.1, 0.15) is 38.7 Å². The smallest absolute Gasteiger partial charge is 0.258 e. The number of piperidine rings is 1. The van der Waals surface area contributed by atoms with Crippen LogP contribution in [0.25, 0.3) is 0 Å². The Labute approximate surface area is 120 Å². The molecule has 1 aromatic carbocycles. The van der Waals surface area contributed by atoms with Gasteiger partial charge in [0.25, 0.3) is 5.69 Å². The van der Waals surface area contributed by atoms with Gasteiger partial charge in [0.1, 0.15) is 0 Å². The van der Waals surface area contributed by atoms with Gasteiger partial charge in [-0.25, -0.2) is 5.01 Å². The summed E-state index contributed by atoms with van der Waals surface area (Å²) in [7, 11) is 0. The summed E-state index contributed by atoms with van der Waals surface area (Å²) < 4.78 is 0. The molecule has 5 nitrogen and oxygen atoms in total. The highest BCUT2D eigenvalue weighted by Gasteiger charge is 2.23. The number of non-ortho nitro benzene ring substituents is 1. The fraction of sp³-hybridized carbons (Fsp3) is 0.600. The Morgan fingerprint density at radius 1 is 1.25 bits per heavy atom. The lowest BCUT2D eigenvalue weighted by molar-refractivity contribution is -0.384. The molecule has 1 fully saturated rings. The Hall–Kier alpha value is -1.46. The molecule has 1 aliphatic heterocycles. The highest BCUT2D eigenvalue weighted by Crippen LogP contribution is 2.20. The van der Waals surface area contributed by atoms with Gasteiger partial charge in [-0.1, -0.05) is 18.6 Å². The molecule has 110 valence electrons. The molecule has 0 radical (unpaired) electrons. The van der Waals surface area contributed by atoms with Gasteiger partial charge in [0.15, 0.2) is 0 Å². The van der Waals surface area contributed by atoms with E-state index < -0.39 is 0 Å². The minimum Gasteiger partial charge on any atom is -0.258 e. The highest BCUT2D eigenvalue weighted by molar-refractivity contribution is 5.32. The van der Waals surface area contributed by atoms with Gasteiger partial charge in [0, 0.05) is 30.8 Å². The summed E-state index contributed by atoms with van der Waals surface area (Å²) in [6, 6.07) is 7.97. The van der Waals surface area contributed by atoms with Crippen LogP contribution >= 0.6 is 0 Å². The lowest BCUT2D eigenvalue weighted by Crippen LogP contribution is -2.52. The Morgan fingerprint density at radius 2 is 1.85 bits per heavy atom. The van der Waals surface area contributed by atoms with Crippen molar-refractivity contribution in [2.45, 2.75) is 51.6 Å². The summed E-state index contributed by atoms with van der Waals surface area (Å²) in [6.07, 6.45) is 4.68. The number of hydrazine groups is 1. The fourth-order valence-corrected chi connectivity index (χ4v) is 2.85. The van der Waals surface area contributed by atoms with Crippen molar-refractivity contribution >= 4 is 5.69 Å². The predicted molar refractivity (Wildman–Crippen MR) is 79.4 cm³/mol. The van der Waals surface area contributed by atoms with E-state index in [0.717, 1.165) is 18.5 Å². The van der Waals surface area contributed by atoms with Gasteiger partial charge < -0.3 is 0 Å². The molecular formula is C15H23N3O2. The second kappa shape index (κ2) is 6.81. The Morgan fingerprint density at radius 3 is 2.40 bits per heavy atom. The SMILES string of the molecule is CC1CCCC(C)N1NCCc1ccc([N+](=O)[O-])cc1. The molecule has 0 bridgehead atoms. The fourth-order valence-electron chi connectivity index (χ4n) is 2.85. The first-order chi connectivity index (χ1) is 9.58. The van der Waals surface area contributed by atoms with Gasteiger partial charge in [-0.05, 0) is 38.7 Å². The van der Waals surface area contributed by atoms with E-state index in [1.807, 2.05) is 12.1 Å². The second-order valence-corrected chi connectivity index (χ2v) is 5.62. The molecule has 2 unspecified atom stereocenters. The number of benzene rings is 1. The van der Waals surface area contributed by atoms with Gasteiger partial charge in [-0.2, -0.15) is 0 Å². The summed E-state index contributed by atoms with van der Waals surface area (Å²) in [6.45, 7) is 5.38. The third kappa shape index (κ3) is 3.77. The third-order valence-corrected chi connectivity index (χ3v) is 4.05. The normalized spacial score (nSPS) is 23.7. The van der Waals surface area contributed by atoms with Crippen LogP contribution in [0, 0.1) is 10.1 Å². The van der Waals surface area contributed by atoms with Crippen molar-refractivity contribution in [2.24, 2.45) is 0 Å². The molecule has 2 rings (SSSR count). The molecule has 2 atom stereocenters. The summed E-state index contributed by atoms with van der Waals surface area (Å²) in [4.78, 5) is 10.2. The van der Waals surface area contributed by atoms with E-state index in [9.17, 15) is 10.1 Å². The molecule has 1 aromatic rings. The Balaban J connectivity index is 1.81. The molecule has 0 aromatic heterocycles. The van der Waals surface area contributed by atoms with Crippen LogP contribution in [0.5, 0.6) is 0 Å². The number of hydrogen-bond acceptors (Lipinski definition) is 4. The number of nitro benzene ring substituents is 1. The molecule has 1 N–H and O–H groups in total. The predicted octanol–water partition coefficient (Wildman–Crippen LogP) is 2.90. The molecule has 1 heterocycles. The van der Waals surface area contributed by atoms with E-state index in [1.54, 1.807) is 12.1 Å². The summed E-state index contributed by atoms with van der Waals surface area (Å²) in [5, 5.41) is 12.9. The average molecular weight is 277 g/mol. The van der Waals surface area contributed by atoms with Crippen molar-refractivity contribution < 1.29 is 4.92 Å². The van der Waals surface area contributed by atoms with Crippen molar-refractivity contribution in [1.82, 2.24) is 10.4 Å². The molecule has 0 saturated carbocycles. The first kappa shape index (κ1) is 14.9. The van der Waals surface area contributed by atoms with E-state index in [4.69, 9.17) is 0 Å². The lowest BCUT2D eigenvalue weighted by atomic mass is 10.00. The van der Waals surface area contributed by atoms with Crippen LogP contribution < -0.4 is 5.43 Å². The summed E-state index contributed by atoms with van der Waals surface area (Å²) in [5.74, 6) is 0. The van der Waals surface area contributed by atoms with Crippen LogP contribution in [0.15, 0.2) is 24.3 Å². The molecular weight excluding hydrogens is 254 g/mol. The van der Waals surface area contributed by atoms with Crippen LogP contribution in [-0.2, 0) is 6.42 Å². The second-order valence-electron chi connectivity index (χ2n) is 5.62. The van der Waals surface area contributed by atoms with Crippen molar-refractivity contribution in [1.29, 1.82) is 0 Å². The minimum absolute atomic E-state index is 0.153. The zero-order chi connectivity index (χ0) is 14.5. The zero-order valence-electron chi connectivity index (χ0n) is 12.2. The van der Waals surface area contributed by atoms with Crippen LogP contribution in [0.4, 0.5) is 5.69 Å².